The fraction of sp³-hybridized carbons (Fsp3) is 0.364. The normalized spacial score (nSPS) is 10.2. The SMILES string of the molecule is COc1ccc(OC)c(C(=O)OCC(F)F)c1. The van der Waals surface area contributed by atoms with Crippen molar-refractivity contribution in [1.29, 1.82) is 0 Å². The van der Waals surface area contributed by atoms with Crippen molar-refractivity contribution in [1.82, 2.24) is 0 Å². The van der Waals surface area contributed by atoms with E-state index >= 15 is 0 Å². The predicted octanol–water partition coefficient (Wildman–Crippen LogP) is 2.13. The van der Waals surface area contributed by atoms with Crippen molar-refractivity contribution in [3.63, 3.8) is 0 Å². The van der Waals surface area contributed by atoms with Crippen LogP contribution < -0.4 is 9.47 Å². The summed E-state index contributed by atoms with van der Waals surface area (Å²) in [6.07, 6.45) is -2.70. The Bertz CT molecular complexity index is 393. The number of carbonyl (C=O) groups is 1. The monoisotopic (exact) mass is 246 g/mol. The topological polar surface area (TPSA) is 44.8 Å². The van der Waals surface area contributed by atoms with Gasteiger partial charge in [0.25, 0.3) is 6.43 Å². The standard InChI is InChI=1S/C11H12F2O4/c1-15-7-3-4-9(16-2)8(5-7)11(14)17-6-10(12)13/h3-5,10H,6H2,1-2H3. The van der Waals surface area contributed by atoms with Crippen molar-refractivity contribution < 1.29 is 27.8 Å². The van der Waals surface area contributed by atoms with Crippen LogP contribution in [0.25, 0.3) is 0 Å². The van der Waals surface area contributed by atoms with Crippen LogP contribution in [-0.2, 0) is 4.74 Å². The minimum atomic E-state index is -2.70. The third-order valence-corrected chi connectivity index (χ3v) is 1.97. The quantitative estimate of drug-likeness (QED) is 0.746. The molecule has 0 unspecified atom stereocenters. The molecule has 0 bridgehead atoms. The van der Waals surface area contributed by atoms with E-state index in [2.05, 4.69) is 4.74 Å². The van der Waals surface area contributed by atoms with Gasteiger partial charge in [-0.15, -0.1) is 0 Å². The van der Waals surface area contributed by atoms with Gasteiger partial charge in [0.1, 0.15) is 17.1 Å². The van der Waals surface area contributed by atoms with E-state index in [1.165, 1.54) is 26.4 Å². The molecule has 0 saturated carbocycles. The van der Waals surface area contributed by atoms with Gasteiger partial charge >= 0.3 is 5.97 Å². The van der Waals surface area contributed by atoms with Gasteiger partial charge < -0.3 is 14.2 Å². The molecule has 4 nitrogen and oxygen atoms in total. The van der Waals surface area contributed by atoms with Gasteiger partial charge in [-0.25, -0.2) is 13.6 Å². The minimum Gasteiger partial charge on any atom is -0.497 e. The molecule has 0 heterocycles. The highest BCUT2D eigenvalue weighted by Crippen LogP contribution is 2.24. The Balaban J connectivity index is 2.89. The summed E-state index contributed by atoms with van der Waals surface area (Å²) in [6, 6.07) is 4.45. The Labute approximate surface area is 97.1 Å². The van der Waals surface area contributed by atoms with Gasteiger partial charge in [0.05, 0.1) is 14.2 Å². The third-order valence-electron chi connectivity index (χ3n) is 1.97. The molecule has 17 heavy (non-hydrogen) atoms. The number of methoxy groups -OCH3 is 2. The molecule has 0 saturated heterocycles. The Morgan fingerprint density at radius 2 is 2.00 bits per heavy atom. The summed E-state index contributed by atoms with van der Waals surface area (Å²) in [7, 11) is 2.79. The summed E-state index contributed by atoms with van der Waals surface area (Å²) >= 11 is 0. The number of carbonyl (C=O) groups excluding carboxylic acids is 1. The highest BCUT2D eigenvalue weighted by Gasteiger charge is 2.16. The molecule has 0 aliphatic rings. The lowest BCUT2D eigenvalue weighted by Crippen LogP contribution is -2.12. The van der Waals surface area contributed by atoms with Crippen LogP contribution in [0.3, 0.4) is 0 Å². The van der Waals surface area contributed by atoms with Gasteiger partial charge in [-0.05, 0) is 18.2 Å². The molecular formula is C11H12F2O4. The van der Waals surface area contributed by atoms with Crippen LogP contribution in [-0.4, -0.2) is 33.2 Å². The van der Waals surface area contributed by atoms with E-state index in [1.807, 2.05) is 0 Å². The Morgan fingerprint density at radius 3 is 2.53 bits per heavy atom. The summed E-state index contributed by atoms with van der Waals surface area (Å²) in [5.74, 6) is -0.221. The van der Waals surface area contributed by atoms with Crippen LogP contribution in [0.2, 0.25) is 0 Å². The lowest BCUT2D eigenvalue weighted by atomic mass is 10.2. The largest absolute Gasteiger partial charge is 0.497 e. The zero-order valence-corrected chi connectivity index (χ0v) is 9.41. The Hall–Kier alpha value is -1.85. The van der Waals surface area contributed by atoms with E-state index in [-0.39, 0.29) is 11.3 Å². The van der Waals surface area contributed by atoms with Gasteiger partial charge in [-0.3, -0.25) is 0 Å². The first-order valence-electron chi connectivity index (χ1n) is 4.75. The van der Waals surface area contributed by atoms with Crippen LogP contribution in [0.1, 0.15) is 10.4 Å². The number of alkyl halides is 2. The van der Waals surface area contributed by atoms with Crippen LogP contribution in [0, 0.1) is 0 Å². The highest BCUT2D eigenvalue weighted by atomic mass is 19.3. The van der Waals surface area contributed by atoms with Gasteiger partial charge in [0, 0.05) is 0 Å². The van der Waals surface area contributed by atoms with Crippen molar-refractivity contribution in [2.45, 2.75) is 6.43 Å². The number of ether oxygens (including phenoxy) is 3. The second-order valence-corrected chi connectivity index (χ2v) is 3.06. The first-order valence-corrected chi connectivity index (χ1v) is 4.75. The molecule has 94 valence electrons. The van der Waals surface area contributed by atoms with Crippen molar-refractivity contribution in [3.8, 4) is 11.5 Å². The fourth-order valence-electron chi connectivity index (χ4n) is 1.19. The number of benzene rings is 1. The number of hydrogen-bond donors (Lipinski definition) is 0. The maximum atomic E-state index is 11.9. The van der Waals surface area contributed by atoms with Crippen molar-refractivity contribution in [2.24, 2.45) is 0 Å². The molecule has 6 heteroatoms. The van der Waals surface area contributed by atoms with Crippen molar-refractivity contribution in [2.75, 3.05) is 20.8 Å². The van der Waals surface area contributed by atoms with E-state index < -0.39 is 19.0 Å². The van der Waals surface area contributed by atoms with Crippen molar-refractivity contribution in [3.05, 3.63) is 23.8 Å². The zero-order chi connectivity index (χ0) is 12.8. The molecular weight excluding hydrogens is 234 g/mol. The Morgan fingerprint density at radius 1 is 1.29 bits per heavy atom. The lowest BCUT2D eigenvalue weighted by Gasteiger charge is -2.10. The molecule has 0 aliphatic carbocycles. The molecule has 0 fully saturated rings. The number of hydrogen-bond acceptors (Lipinski definition) is 4. The molecule has 1 rings (SSSR count). The first-order chi connectivity index (χ1) is 8.08. The average molecular weight is 246 g/mol. The summed E-state index contributed by atoms with van der Waals surface area (Å²) in [5, 5.41) is 0. The molecule has 0 radical (unpaired) electrons. The second-order valence-electron chi connectivity index (χ2n) is 3.06. The summed E-state index contributed by atoms with van der Waals surface area (Å²) in [5.41, 5.74) is 0.0486. The van der Waals surface area contributed by atoms with E-state index in [0.717, 1.165) is 0 Å². The fourth-order valence-corrected chi connectivity index (χ4v) is 1.19. The lowest BCUT2D eigenvalue weighted by molar-refractivity contribution is 0.0157. The molecule has 0 aromatic heterocycles. The molecule has 0 amide bonds. The number of halogens is 2. The molecule has 0 atom stereocenters. The molecule has 1 aromatic carbocycles. The number of rotatable bonds is 5. The van der Waals surface area contributed by atoms with Gasteiger partial charge in [0.2, 0.25) is 0 Å². The maximum Gasteiger partial charge on any atom is 0.342 e. The van der Waals surface area contributed by atoms with E-state index in [1.54, 1.807) is 6.07 Å². The molecule has 0 N–H and O–H groups in total. The third kappa shape index (κ3) is 3.58. The summed E-state index contributed by atoms with van der Waals surface area (Å²) in [4.78, 5) is 11.5. The maximum absolute atomic E-state index is 11.9. The predicted molar refractivity (Wildman–Crippen MR) is 55.8 cm³/mol. The molecule has 0 aliphatic heterocycles. The van der Waals surface area contributed by atoms with Crippen LogP contribution in [0.4, 0.5) is 8.78 Å². The smallest absolute Gasteiger partial charge is 0.342 e. The highest BCUT2D eigenvalue weighted by molar-refractivity contribution is 5.93. The minimum absolute atomic E-state index is 0.0486. The second kappa shape index (κ2) is 6.03. The van der Waals surface area contributed by atoms with E-state index in [9.17, 15) is 13.6 Å². The van der Waals surface area contributed by atoms with Crippen LogP contribution in [0.5, 0.6) is 11.5 Å². The Kier molecular flexibility index (Phi) is 4.68. The summed E-state index contributed by atoms with van der Waals surface area (Å²) in [6.45, 7) is -0.945. The van der Waals surface area contributed by atoms with Crippen molar-refractivity contribution >= 4 is 5.97 Å². The van der Waals surface area contributed by atoms with Crippen LogP contribution >= 0.6 is 0 Å². The molecule has 0 spiro atoms. The number of esters is 1. The van der Waals surface area contributed by atoms with Gasteiger partial charge in [-0.1, -0.05) is 0 Å². The van der Waals surface area contributed by atoms with E-state index in [0.29, 0.717) is 5.75 Å². The van der Waals surface area contributed by atoms with Crippen LogP contribution in [0.15, 0.2) is 18.2 Å². The molecule has 1 aromatic rings. The van der Waals surface area contributed by atoms with E-state index in [4.69, 9.17) is 9.47 Å². The first kappa shape index (κ1) is 13.2. The zero-order valence-electron chi connectivity index (χ0n) is 9.41. The van der Waals surface area contributed by atoms with Gasteiger partial charge in [-0.2, -0.15) is 0 Å². The average Bonchev–Trinajstić information content (AvgIpc) is 2.34. The van der Waals surface area contributed by atoms with Gasteiger partial charge in [0.15, 0.2) is 6.61 Å². The summed E-state index contributed by atoms with van der Waals surface area (Å²) < 4.78 is 38.1.